The smallest absolute Gasteiger partial charge is 0.303 e. The molecule has 2 rings (SSSR count). The van der Waals surface area contributed by atoms with Gasteiger partial charge in [0, 0.05) is 11.8 Å². The molecule has 0 spiro atoms. The van der Waals surface area contributed by atoms with Gasteiger partial charge in [-0.05, 0) is 11.5 Å². The van der Waals surface area contributed by atoms with Gasteiger partial charge < -0.3 is 4.74 Å². The minimum absolute atomic E-state index is 0.252. The number of benzene rings is 2. The second kappa shape index (κ2) is 5.59. The molecule has 4 nitrogen and oxygen atoms in total. The molecule has 0 saturated carbocycles. The molecule has 2 aromatic rings. The van der Waals surface area contributed by atoms with Crippen LogP contribution in [0.2, 0.25) is 0 Å². The van der Waals surface area contributed by atoms with Crippen molar-refractivity contribution in [2.75, 3.05) is 0 Å². The van der Waals surface area contributed by atoms with Crippen molar-refractivity contribution in [3.05, 3.63) is 42.5 Å². The molecule has 1 unspecified atom stereocenters. The Morgan fingerprint density at radius 1 is 1.16 bits per heavy atom. The fourth-order valence-corrected chi connectivity index (χ4v) is 2.70. The minimum atomic E-state index is -4.22. The molecule has 0 aliphatic heterocycles. The van der Waals surface area contributed by atoms with Crippen LogP contribution in [0, 0.1) is 0 Å². The van der Waals surface area contributed by atoms with Crippen molar-refractivity contribution >= 4 is 20.9 Å². The van der Waals surface area contributed by atoms with Crippen LogP contribution >= 0.6 is 0 Å². The van der Waals surface area contributed by atoms with Gasteiger partial charge in [0.15, 0.2) is 0 Å². The van der Waals surface area contributed by atoms with E-state index in [1.165, 1.54) is 0 Å². The van der Waals surface area contributed by atoms with Gasteiger partial charge in [-0.2, -0.15) is 8.42 Å². The van der Waals surface area contributed by atoms with Crippen LogP contribution in [0.15, 0.2) is 42.5 Å². The molecular formula is C14H16O4S. The zero-order valence-electron chi connectivity index (χ0n) is 10.6. The Morgan fingerprint density at radius 2 is 1.84 bits per heavy atom. The first-order valence-corrected chi connectivity index (χ1v) is 7.63. The summed E-state index contributed by atoms with van der Waals surface area (Å²) in [6.07, 6.45) is 0.858. The molecule has 0 radical (unpaired) electrons. The van der Waals surface area contributed by atoms with E-state index in [0.717, 1.165) is 10.8 Å². The molecule has 0 fully saturated rings. The Hall–Kier alpha value is -1.59. The number of hydrogen-bond donors (Lipinski definition) is 1. The molecule has 1 N–H and O–H groups in total. The van der Waals surface area contributed by atoms with Gasteiger partial charge in [-0.25, -0.2) is 0 Å². The predicted molar refractivity (Wildman–Crippen MR) is 74.8 cm³/mol. The van der Waals surface area contributed by atoms with E-state index in [0.29, 0.717) is 12.2 Å². The molecule has 5 heteroatoms. The second-order valence-corrected chi connectivity index (χ2v) is 5.88. The van der Waals surface area contributed by atoms with E-state index >= 15 is 0 Å². The summed E-state index contributed by atoms with van der Waals surface area (Å²) in [4.78, 5) is 0. The number of ether oxygens (including phenoxy) is 1. The average molecular weight is 280 g/mol. The van der Waals surface area contributed by atoms with Gasteiger partial charge in [-0.3, -0.25) is 4.55 Å². The van der Waals surface area contributed by atoms with Crippen LogP contribution in [-0.2, 0) is 10.1 Å². The monoisotopic (exact) mass is 280 g/mol. The molecular weight excluding hydrogens is 264 g/mol. The molecule has 0 amide bonds. The highest BCUT2D eigenvalue weighted by Crippen LogP contribution is 2.27. The van der Waals surface area contributed by atoms with Gasteiger partial charge in [0.2, 0.25) is 5.44 Å². The van der Waals surface area contributed by atoms with E-state index in [4.69, 9.17) is 4.74 Å². The van der Waals surface area contributed by atoms with E-state index in [1.807, 2.05) is 37.3 Å². The highest BCUT2D eigenvalue weighted by Gasteiger charge is 2.24. The van der Waals surface area contributed by atoms with Gasteiger partial charge in [0.1, 0.15) is 5.75 Å². The third kappa shape index (κ3) is 3.24. The van der Waals surface area contributed by atoms with Crippen molar-refractivity contribution in [1.29, 1.82) is 0 Å². The maximum absolute atomic E-state index is 11.3. The molecule has 0 bridgehead atoms. The van der Waals surface area contributed by atoms with Crippen molar-refractivity contribution in [3.8, 4) is 5.75 Å². The van der Waals surface area contributed by atoms with Crippen molar-refractivity contribution in [2.24, 2.45) is 0 Å². The lowest BCUT2D eigenvalue weighted by Gasteiger charge is -2.17. The summed E-state index contributed by atoms with van der Waals surface area (Å²) >= 11 is 0. The first kappa shape index (κ1) is 13.8. The highest BCUT2D eigenvalue weighted by atomic mass is 32.2. The van der Waals surface area contributed by atoms with Gasteiger partial charge in [0.25, 0.3) is 0 Å². The molecule has 1 atom stereocenters. The van der Waals surface area contributed by atoms with Crippen molar-refractivity contribution in [2.45, 2.75) is 25.2 Å². The fraction of sp³-hybridized carbons (Fsp3) is 0.286. The van der Waals surface area contributed by atoms with E-state index in [2.05, 4.69) is 0 Å². The highest BCUT2D eigenvalue weighted by molar-refractivity contribution is 7.86. The Kier molecular flexibility index (Phi) is 4.07. The normalized spacial score (nSPS) is 13.4. The van der Waals surface area contributed by atoms with Crippen LogP contribution in [-0.4, -0.2) is 18.4 Å². The molecule has 102 valence electrons. The molecule has 0 aromatic heterocycles. The number of fused-ring (bicyclic) bond motifs is 1. The Labute approximate surface area is 112 Å². The summed E-state index contributed by atoms with van der Waals surface area (Å²) in [6.45, 7) is 1.84. The summed E-state index contributed by atoms with van der Waals surface area (Å²) in [6, 6.07) is 13.0. The Bertz CT molecular complexity index is 659. The third-order valence-electron chi connectivity index (χ3n) is 2.86. The maximum atomic E-state index is 11.3. The van der Waals surface area contributed by atoms with Crippen LogP contribution < -0.4 is 4.74 Å². The van der Waals surface area contributed by atoms with Crippen molar-refractivity contribution < 1.29 is 17.7 Å². The molecule has 2 aromatic carbocycles. The van der Waals surface area contributed by atoms with Crippen molar-refractivity contribution in [3.63, 3.8) is 0 Å². The predicted octanol–water partition coefficient (Wildman–Crippen LogP) is 3.23. The number of rotatable bonds is 5. The summed E-state index contributed by atoms with van der Waals surface area (Å²) < 4.78 is 37.3. The molecule has 0 heterocycles. The number of hydrogen-bond acceptors (Lipinski definition) is 3. The summed E-state index contributed by atoms with van der Waals surface area (Å²) in [5, 5.41) is 1.79. The van der Waals surface area contributed by atoms with E-state index in [9.17, 15) is 13.0 Å². The lowest BCUT2D eigenvalue weighted by molar-refractivity contribution is 0.248. The Balaban J connectivity index is 2.39. The zero-order chi connectivity index (χ0) is 13.9. The lowest BCUT2D eigenvalue weighted by Crippen LogP contribution is -2.26. The van der Waals surface area contributed by atoms with Crippen LogP contribution in [0.4, 0.5) is 0 Å². The molecule has 0 aliphatic rings. The molecule has 0 saturated heterocycles. The van der Waals surface area contributed by atoms with E-state index in [1.54, 1.807) is 12.1 Å². The summed E-state index contributed by atoms with van der Waals surface area (Å²) in [7, 11) is -4.22. The minimum Gasteiger partial charge on any atom is -0.471 e. The average Bonchev–Trinajstić information content (AvgIpc) is 2.37. The quantitative estimate of drug-likeness (QED) is 0.854. The largest absolute Gasteiger partial charge is 0.471 e. The van der Waals surface area contributed by atoms with E-state index < -0.39 is 15.6 Å². The first-order chi connectivity index (χ1) is 9.02. The van der Waals surface area contributed by atoms with Crippen LogP contribution in [0.5, 0.6) is 5.75 Å². The summed E-state index contributed by atoms with van der Waals surface area (Å²) in [5.41, 5.74) is -1.22. The second-order valence-electron chi connectivity index (χ2n) is 4.33. The third-order valence-corrected chi connectivity index (χ3v) is 3.86. The van der Waals surface area contributed by atoms with E-state index in [-0.39, 0.29) is 6.42 Å². The van der Waals surface area contributed by atoms with Crippen LogP contribution in [0.1, 0.15) is 19.8 Å². The van der Waals surface area contributed by atoms with Crippen molar-refractivity contribution in [1.82, 2.24) is 0 Å². The zero-order valence-corrected chi connectivity index (χ0v) is 11.4. The standard InChI is InChI=1S/C14H16O4S/c1-2-6-14(19(15,16)17)18-13-10-5-8-11-7-3-4-9-12(11)13/h3-5,7-10,14H,2,6H2,1H3,(H,15,16,17). The van der Waals surface area contributed by atoms with Gasteiger partial charge in [-0.15, -0.1) is 0 Å². The lowest BCUT2D eigenvalue weighted by atomic mass is 10.1. The fourth-order valence-electron chi connectivity index (χ4n) is 1.94. The first-order valence-electron chi connectivity index (χ1n) is 6.13. The SMILES string of the molecule is CCCC(Oc1cccc2ccccc12)S(=O)(=O)O. The topological polar surface area (TPSA) is 63.6 Å². The molecule has 0 aliphatic carbocycles. The van der Waals surface area contributed by atoms with Gasteiger partial charge in [-0.1, -0.05) is 49.7 Å². The summed E-state index contributed by atoms with van der Waals surface area (Å²) in [5.74, 6) is 0.467. The van der Waals surface area contributed by atoms with Gasteiger partial charge in [0.05, 0.1) is 0 Å². The van der Waals surface area contributed by atoms with Gasteiger partial charge >= 0.3 is 10.1 Å². The van der Waals surface area contributed by atoms with Crippen LogP contribution in [0.25, 0.3) is 10.8 Å². The maximum Gasteiger partial charge on any atom is 0.303 e. The van der Waals surface area contributed by atoms with Crippen LogP contribution in [0.3, 0.4) is 0 Å². The Morgan fingerprint density at radius 3 is 2.53 bits per heavy atom. The molecule has 19 heavy (non-hydrogen) atoms.